The molecule has 10 heteroatoms. The van der Waals surface area contributed by atoms with E-state index in [-0.39, 0.29) is 17.0 Å². The van der Waals surface area contributed by atoms with Crippen LogP contribution in [0.2, 0.25) is 0 Å². The number of fused-ring (bicyclic) bond motifs is 1. The molecule has 2 atom stereocenters. The molecule has 2 aliphatic rings. The molecule has 3 aromatic rings. The van der Waals surface area contributed by atoms with Crippen LogP contribution in [0.1, 0.15) is 22.2 Å². The third kappa shape index (κ3) is 3.97. The zero-order valence-corrected chi connectivity index (χ0v) is 20.3. The molecule has 2 aromatic carbocycles. The number of aromatic nitrogens is 2. The minimum absolute atomic E-state index is 0.203. The largest absolute Gasteiger partial charge is 0.448 e. The van der Waals surface area contributed by atoms with E-state index in [9.17, 15) is 9.59 Å². The fraction of sp³-hybridized carbons (Fsp3) is 0.250. The Balaban J connectivity index is 1.56. The van der Waals surface area contributed by atoms with Crippen LogP contribution in [-0.2, 0) is 14.3 Å². The highest BCUT2D eigenvalue weighted by Gasteiger charge is 2.53. The maximum absolute atomic E-state index is 13.7. The minimum atomic E-state index is -0.639. The van der Waals surface area contributed by atoms with Gasteiger partial charge in [-0.2, -0.15) is 0 Å². The predicted octanol–water partition coefficient (Wildman–Crippen LogP) is 2.89. The number of benzene rings is 2. The predicted molar refractivity (Wildman–Crippen MR) is 133 cm³/mol. The number of ether oxygens (including phenoxy) is 1. The third-order valence-electron chi connectivity index (χ3n) is 5.69. The Morgan fingerprint density at radius 3 is 2.26 bits per heavy atom. The number of anilines is 1. The van der Waals surface area contributed by atoms with Gasteiger partial charge in [0, 0.05) is 25.4 Å². The summed E-state index contributed by atoms with van der Waals surface area (Å²) in [7, 11) is 3.75. The van der Waals surface area contributed by atoms with Gasteiger partial charge in [-0.15, -0.1) is 22.0 Å². The normalized spacial score (nSPS) is 19.6. The van der Waals surface area contributed by atoms with Crippen LogP contribution in [0.4, 0.5) is 5.13 Å². The SMILES string of the molecule is CN(C)c1nnc(C2=C(C(=O)OC(c3ccccc3)c3ccccc3)N3C(=O)C(N)[C@@H]3SC2)s1. The zero-order valence-electron chi connectivity index (χ0n) is 18.6. The van der Waals surface area contributed by atoms with Gasteiger partial charge in [0.15, 0.2) is 6.10 Å². The van der Waals surface area contributed by atoms with E-state index in [0.29, 0.717) is 21.5 Å². The molecule has 2 aliphatic heterocycles. The maximum Gasteiger partial charge on any atom is 0.356 e. The number of nitrogens with zero attached hydrogens (tertiary/aromatic N) is 4. The van der Waals surface area contributed by atoms with Crippen molar-refractivity contribution in [1.29, 1.82) is 0 Å². The van der Waals surface area contributed by atoms with Crippen LogP contribution in [0.15, 0.2) is 66.4 Å². The summed E-state index contributed by atoms with van der Waals surface area (Å²) in [5.74, 6) is -0.398. The van der Waals surface area contributed by atoms with Crippen molar-refractivity contribution >= 4 is 45.7 Å². The average molecular weight is 494 g/mol. The summed E-state index contributed by atoms with van der Waals surface area (Å²) in [4.78, 5) is 29.8. The van der Waals surface area contributed by atoms with Gasteiger partial charge in [-0.25, -0.2) is 4.79 Å². The quantitative estimate of drug-likeness (QED) is 0.413. The molecule has 1 saturated heterocycles. The van der Waals surface area contributed by atoms with Crippen LogP contribution in [0, 0.1) is 0 Å². The van der Waals surface area contributed by atoms with Gasteiger partial charge in [0.1, 0.15) is 22.1 Å². The van der Waals surface area contributed by atoms with E-state index in [0.717, 1.165) is 11.1 Å². The molecular formula is C24H23N5O3S2. The molecule has 1 amide bonds. The Morgan fingerprint density at radius 1 is 1.09 bits per heavy atom. The average Bonchev–Trinajstić information content (AvgIpc) is 3.37. The first-order chi connectivity index (χ1) is 16.5. The lowest BCUT2D eigenvalue weighted by Gasteiger charge is -2.48. The summed E-state index contributed by atoms with van der Waals surface area (Å²) in [6.07, 6.45) is -0.631. The van der Waals surface area contributed by atoms with Crippen molar-refractivity contribution in [3.63, 3.8) is 0 Å². The van der Waals surface area contributed by atoms with E-state index in [1.165, 1.54) is 28.0 Å². The molecule has 0 bridgehead atoms. The van der Waals surface area contributed by atoms with Gasteiger partial charge in [0.25, 0.3) is 0 Å². The van der Waals surface area contributed by atoms with Crippen molar-refractivity contribution < 1.29 is 14.3 Å². The highest BCUT2D eigenvalue weighted by molar-refractivity contribution is 8.00. The van der Waals surface area contributed by atoms with E-state index in [2.05, 4.69) is 10.2 Å². The second-order valence-electron chi connectivity index (χ2n) is 8.15. The Hall–Kier alpha value is -3.21. The summed E-state index contributed by atoms with van der Waals surface area (Å²) in [6, 6.07) is 18.5. The van der Waals surface area contributed by atoms with E-state index in [1.807, 2.05) is 79.7 Å². The fourth-order valence-corrected chi connectivity index (χ4v) is 6.13. The topological polar surface area (TPSA) is 102 Å². The molecule has 1 unspecified atom stereocenters. The molecule has 3 heterocycles. The highest BCUT2D eigenvalue weighted by Crippen LogP contribution is 2.44. The monoisotopic (exact) mass is 493 g/mol. The Kier molecular flexibility index (Phi) is 6.11. The van der Waals surface area contributed by atoms with E-state index >= 15 is 0 Å². The molecule has 2 N–H and O–H groups in total. The zero-order chi connectivity index (χ0) is 23.8. The van der Waals surface area contributed by atoms with Crippen molar-refractivity contribution in [2.75, 3.05) is 24.7 Å². The summed E-state index contributed by atoms with van der Waals surface area (Å²) in [5.41, 5.74) is 8.54. The van der Waals surface area contributed by atoms with Crippen molar-refractivity contribution in [3.05, 3.63) is 82.5 Å². The Bertz CT molecular complexity index is 1210. The Morgan fingerprint density at radius 2 is 1.71 bits per heavy atom. The van der Waals surface area contributed by atoms with Crippen molar-refractivity contribution in [2.45, 2.75) is 17.5 Å². The van der Waals surface area contributed by atoms with Crippen LogP contribution in [0.3, 0.4) is 0 Å². The molecule has 5 rings (SSSR count). The van der Waals surface area contributed by atoms with Crippen LogP contribution >= 0.6 is 23.1 Å². The van der Waals surface area contributed by atoms with Gasteiger partial charge in [0.05, 0.1) is 0 Å². The summed E-state index contributed by atoms with van der Waals surface area (Å²) in [6.45, 7) is 0. The number of carbonyl (C=O) groups is 2. The van der Waals surface area contributed by atoms with Crippen molar-refractivity contribution in [3.8, 4) is 0 Å². The van der Waals surface area contributed by atoms with Crippen molar-refractivity contribution in [1.82, 2.24) is 15.1 Å². The van der Waals surface area contributed by atoms with Gasteiger partial charge in [-0.05, 0) is 11.1 Å². The number of esters is 1. The number of hydrogen-bond donors (Lipinski definition) is 1. The molecule has 174 valence electrons. The van der Waals surface area contributed by atoms with Gasteiger partial charge in [-0.3, -0.25) is 9.69 Å². The second kappa shape index (κ2) is 9.21. The number of amides is 1. The first-order valence-electron chi connectivity index (χ1n) is 10.7. The smallest absolute Gasteiger partial charge is 0.356 e. The first-order valence-corrected chi connectivity index (χ1v) is 12.6. The van der Waals surface area contributed by atoms with Gasteiger partial charge in [0.2, 0.25) is 11.0 Å². The molecule has 8 nitrogen and oxygen atoms in total. The van der Waals surface area contributed by atoms with Gasteiger partial charge < -0.3 is 15.4 Å². The first kappa shape index (κ1) is 22.6. The number of thioether (sulfide) groups is 1. The lowest BCUT2D eigenvalue weighted by molar-refractivity contribution is -0.152. The third-order valence-corrected chi connectivity index (χ3v) is 8.14. The molecule has 34 heavy (non-hydrogen) atoms. The second-order valence-corrected chi connectivity index (χ2v) is 10.2. The van der Waals surface area contributed by atoms with Crippen LogP contribution < -0.4 is 10.6 Å². The number of carbonyl (C=O) groups excluding carboxylic acids is 2. The lowest BCUT2D eigenvalue weighted by Crippen LogP contribution is -2.68. The van der Waals surface area contributed by atoms with Gasteiger partial charge >= 0.3 is 5.97 Å². The summed E-state index contributed by atoms with van der Waals surface area (Å²) >= 11 is 2.88. The van der Waals surface area contributed by atoms with Gasteiger partial charge in [-0.1, -0.05) is 72.0 Å². The molecule has 1 fully saturated rings. The number of nitrogens with two attached hydrogens (primary N) is 1. The number of β-lactam (4-membered cyclic amide) rings is 1. The van der Waals surface area contributed by atoms with Crippen LogP contribution in [0.25, 0.3) is 5.57 Å². The molecule has 1 aromatic heterocycles. The number of hydrogen-bond acceptors (Lipinski definition) is 9. The molecule has 0 radical (unpaired) electrons. The fourth-order valence-electron chi connectivity index (χ4n) is 3.93. The summed E-state index contributed by atoms with van der Waals surface area (Å²) < 4.78 is 6.11. The standard InChI is InChI=1S/C24H23N5O3S2/c1-28(2)24-27-26-20(34-24)16-13-33-22-17(25)21(30)29(22)18(16)23(31)32-19(14-9-5-3-6-10-14)15-11-7-4-8-12-15/h3-12,17,19,22H,13,25H2,1-2H3/t17?,22-/m0/s1. The molecular weight excluding hydrogens is 470 g/mol. The van der Waals surface area contributed by atoms with Crippen LogP contribution in [0.5, 0.6) is 0 Å². The van der Waals surface area contributed by atoms with E-state index < -0.39 is 18.1 Å². The minimum Gasteiger partial charge on any atom is -0.448 e. The highest BCUT2D eigenvalue weighted by atomic mass is 32.2. The Labute approximate surface area is 205 Å². The van der Waals surface area contributed by atoms with E-state index in [1.54, 1.807) is 0 Å². The van der Waals surface area contributed by atoms with Crippen LogP contribution in [-0.4, -0.2) is 58.2 Å². The maximum atomic E-state index is 13.7. The van der Waals surface area contributed by atoms with E-state index in [4.69, 9.17) is 10.5 Å². The summed E-state index contributed by atoms with van der Waals surface area (Å²) in [5, 5.41) is 9.50. The lowest BCUT2D eigenvalue weighted by atomic mass is 10.0. The van der Waals surface area contributed by atoms with Crippen molar-refractivity contribution in [2.24, 2.45) is 5.73 Å². The molecule has 0 spiro atoms. The molecule has 0 saturated carbocycles. The molecule has 0 aliphatic carbocycles. The number of rotatable bonds is 6.